The van der Waals surface area contributed by atoms with Gasteiger partial charge in [-0.2, -0.15) is 0 Å². The van der Waals surface area contributed by atoms with E-state index in [4.69, 9.17) is 14.3 Å². The molecule has 1 aliphatic heterocycles. The minimum Gasteiger partial charge on any atom is -0.455 e. The average Bonchev–Trinajstić information content (AvgIpc) is 2.62. The Hall–Kier alpha value is -2.66. The lowest BCUT2D eigenvalue weighted by atomic mass is 10.0. The van der Waals surface area contributed by atoms with Gasteiger partial charge in [0.05, 0.1) is 12.3 Å². The first kappa shape index (κ1) is 16.2. The van der Waals surface area contributed by atoms with Gasteiger partial charge < -0.3 is 14.3 Å². The highest BCUT2D eigenvalue weighted by atomic mass is 16.8. The smallest absolute Gasteiger partial charge is 0.303 e. The number of hydrogen-bond donors (Lipinski definition) is 0. The van der Waals surface area contributed by atoms with Crippen LogP contribution in [-0.4, -0.2) is 24.1 Å². The third-order valence-corrected chi connectivity index (χ3v) is 3.65. The predicted octanol–water partition coefficient (Wildman–Crippen LogP) is 3.29. The van der Waals surface area contributed by atoms with Gasteiger partial charge in [0.25, 0.3) is 6.29 Å². The lowest BCUT2D eigenvalue weighted by Gasteiger charge is -2.29. The van der Waals surface area contributed by atoms with Crippen molar-refractivity contribution in [1.29, 1.82) is 0 Å². The molecule has 1 aliphatic rings. The molecule has 0 saturated heterocycles. The quantitative estimate of drug-likeness (QED) is 0.792. The molecule has 0 spiro atoms. The fourth-order valence-corrected chi connectivity index (χ4v) is 2.51. The monoisotopic (exact) mass is 325 g/mol. The van der Waals surface area contributed by atoms with Gasteiger partial charge in [0.2, 0.25) is 0 Å². The van der Waals surface area contributed by atoms with Crippen LogP contribution in [0.15, 0.2) is 65.8 Å². The molecule has 5 nitrogen and oxygen atoms in total. The normalized spacial score (nSPS) is 20.0. The first-order valence-corrected chi connectivity index (χ1v) is 7.83. The predicted molar refractivity (Wildman–Crippen MR) is 89.3 cm³/mol. The van der Waals surface area contributed by atoms with E-state index in [1.807, 2.05) is 60.7 Å². The standard InChI is InChI=1S/C19H19NO4/c1-14(21)23-18-12-17(16-10-6-3-7-11-16)20-24-19(18)22-13-15-8-4-2-5-9-15/h2-11,18-19H,12-13H2,1H3/t18-,19-/m0/s1. The van der Waals surface area contributed by atoms with Gasteiger partial charge in [-0.1, -0.05) is 65.8 Å². The van der Waals surface area contributed by atoms with Gasteiger partial charge >= 0.3 is 5.97 Å². The molecule has 24 heavy (non-hydrogen) atoms. The highest BCUT2D eigenvalue weighted by molar-refractivity contribution is 6.00. The van der Waals surface area contributed by atoms with Crippen LogP contribution in [0.3, 0.4) is 0 Å². The highest BCUT2D eigenvalue weighted by Crippen LogP contribution is 2.22. The molecule has 0 N–H and O–H groups in total. The molecule has 3 rings (SSSR count). The van der Waals surface area contributed by atoms with Gasteiger partial charge in [-0.15, -0.1) is 0 Å². The second-order valence-corrected chi connectivity index (χ2v) is 5.53. The van der Waals surface area contributed by atoms with Crippen LogP contribution in [0.5, 0.6) is 0 Å². The number of carbonyl (C=O) groups is 1. The topological polar surface area (TPSA) is 57.1 Å². The summed E-state index contributed by atoms with van der Waals surface area (Å²) in [6.07, 6.45) is -0.802. The van der Waals surface area contributed by atoms with Gasteiger partial charge in [0.15, 0.2) is 6.10 Å². The molecular formula is C19H19NO4. The van der Waals surface area contributed by atoms with E-state index in [1.54, 1.807) is 0 Å². The molecule has 0 fully saturated rings. The molecule has 0 amide bonds. The molecule has 2 atom stereocenters. The van der Waals surface area contributed by atoms with Gasteiger partial charge in [0, 0.05) is 13.3 Å². The Labute approximate surface area is 140 Å². The van der Waals surface area contributed by atoms with Crippen molar-refractivity contribution in [3.8, 4) is 0 Å². The number of carbonyl (C=O) groups excluding carboxylic acids is 1. The minimum atomic E-state index is -0.721. The summed E-state index contributed by atoms with van der Waals surface area (Å²) in [4.78, 5) is 16.9. The molecule has 0 aliphatic carbocycles. The van der Waals surface area contributed by atoms with E-state index in [0.29, 0.717) is 13.0 Å². The maximum atomic E-state index is 11.4. The Morgan fingerprint density at radius 2 is 1.79 bits per heavy atom. The molecule has 2 aromatic rings. The zero-order valence-corrected chi connectivity index (χ0v) is 13.4. The molecular weight excluding hydrogens is 306 g/mol. The third-order valence-electron chi connectivity index (χ3n) is 3.65. The van der Waals surface area contributed by atoms with Crippen molar-refractivity contribution in [2.45, 2.75) is 32.3 Å². The molecule has 0 bridgehead atoms. The van der Waals surface area contributed by atoms with Gasteiger partial charge in [-0.25, -0.2) is 0 Å². The van der Waals surface area contributed by atoms with E-state index in [-0.39, 0.29) is 5.97 Å². The first-order chi connectivity index (χ1) is 11.7. The highest BCUT2D eigenvalue weighted by Gasteiger charge is 2.33. The second kappa shape index (κ2) is 7.75. The summed E-state index contributed by atoms with van der Waals surface area (Å²) in [5.41, 5.74) is 2.69. The molecule has 1 heterocycles. The summed E-state index contributed by atoms with van der Waals surface area (Å²) >= 11 is 0. The van der Waals surface area contributed by atoms with E-state index in [2.05, 4.69) is 5.16 Å². The lowest BCUT2D eigenvalue weighted by molar-refractivity contribution is -0.217. The van der Waals surface area contributed by atoms with Crippen LogP contribution >= 0.6 is 0 Å². The summed E-state index contributed by atoms with van der Waals surface area (Å²) in [7, 11) is 0. The van der Waals surface area contributed by atoms with Crippen LogP contribution in [0, 0.1) is 0 Å². The van der Waals surface area contributed by atoms with Crippen LogP contribution in [0.2, 0.25) is 0 Å². The van der Waals surface area contributed by atoms with Crippen molar-refractivity contribution in [1.82, 2.24) is 0 Å². The number of esters is 1. The fraction of sp³-hybridized carbons (Fsp3) is 0.263. The van der Waals surface area contributed by atoms with Gasteiger partial charge in [-0.3, -0.25) is 4.79 Å². The van der Waals surface area contributed by atoms with Crippen LogP contribution in [0.1, 0.15) is 24.5 Å². The summed E-state index contributed by atoms with van der Waals surface area (Å²) in [5, 5.41) is 4.15. The Bertz CT molecular complexity index is 700. The summed E-state index contributed by atoms with van der Waals surface area (Å²) in [6, 6.07) is 19.4. The zero-order chi connectivity index (χ0) is 16.8. The first-order valence-electron chi connectivity index (χ1n) is 7.83. The minimum absolute atomic E-state index is 0.361. The second-order valence-electron chi connectivity index (χ2n) is 5.53. The fourth-order valence-electron chi connectivity index (χ4n) is 2.51. The Kier molecular flexibility index (Phi) is 5.23. The van der Waals surface area contributed by atoms with E-state index in [0.717, 1.165) is 16.8 Å². The molecule has 5 heteroatoms. The zero-order valence-electron chi connectivity index (χ0n) is 13.4. The number of hydrogen-bond acceptors (Lipinski definition) is 5. The maximum Gasteiger partial charge on any atom is 0.303 e. The summed E-state index contributed by atoms with van der Waals surface area (Å²) in [5.74, 6) is -0.369. The van der Waals surface area contributed by atoms with Crippen molar-refractivity contribution in [2.24, 2.45) is 5.16 Å². The van der Waals surface area contributed by atoms with Gasteiger partial charge in [-0.05, 0) is 11.1 Å². The van der Waals surface area contributed by atoms with Crippen LogP contribution in [0.25, 0.3) is 0 Å². The van der Waals surface area contributed by atoms with Crippen molar-refractivity contribution in [3.63, 3.8) is 0 Å². The van der Waals surface area contributed by atoms with Crippen molar-refractivity contribution in [3.05, 3.63) is 71.8 Å². The molecule has 0 aromatic heterocycles. The van der Waals surface area contributed by atoms with E-state index in [9.17, 15) is 4.79 Å². The molecule has 0 unspecified atom stereocenters. The number of ether oxygens (including phenoxy) is 2. The maximum absolute atomic E-state index is 11.4. The Balaban J connectivity index is 1.70. The van der Waals surface area contributed by atoms with E-state index >= 15 is 0 Å². The molecule has 0 radical (unpaired) electrons. The number of nitrogens with zero attached hydrogens (tertiary/aromatic N) is 1. The van der Waals surface area contributed by atoms with E-state index in [1.165, 1.54) is 6.92 Å². The molecule has 0 saturated carbocycles. The SMILES string of the molecule is CC(=O)O[C@H]1CC(c2ccccc2)=NO[C@@H]1OCc1ccccc1. The Morgan fingerprint density at radius 1 is 1.12 bits per heavy atom. The number of benzene rings is 2. The van der Waals surface area contributed by atoms with Crippen molar-refractivity contribution in [2.75, 3.05) is 0 Å². The molecule has 2 aromatic carbocycles. The number of oxime groups is 1. The van der Waals surface area contributed by atoms with E-state index < -0.39 is 12.4 Å². The van der Waals surface area contributed by atoms with Crippen molar-refractivity contribution < 1.29 is 19.1 Å². The number of rotatable bonds is 5. The average molecular weight is 325 g/mol. The van der Waals surface area contributed by atoms with Crippen LogP contribution < -0.4 is 0 Å². The largest absolute Gasteiger partial charge is 0.455 e. The summed E-state index contributed by atoms with van der Waals surface area (Å²) < 4.78 is 11.1. The van der Waals surface area contributed by atoms with Crippen molar-refractivity contribution >= 4 is 11.7 Å². The van der Waals surface area contributed by atoms with Crippen LogP contribution in [0.4, 0.5) is 0 Å². The Morgan fingerprint density at radius 3 is 2.46 bits per heavy atom. The third kappa shape index (κ3) is 4.20. The summed E-state index contributed by atoms with van der Waals surface area (Å²) in [6.45, 7) is 1.74. The van der Waals surface area contributed by atoms with Gasteiger partial charge in [0.1, 0.15) is 0 Å². The lowest BCUT2D eigenvalue weighted by Crippen LogP contribution is -2.39. The van der Waals surface area contributed by atoms with Crippen LogP contribution in [-0.2, 0) is 25.7 Å². The molecule has 124 valence electrons.